The molecule has 0 fully saturated rings. The third-order valence-corrected chi connectivity index (χ3v) is 3.53. The van der Waals surface area contributed by atoms with Gasteiger partial charge in [-0.1, -0.05) is 54.1 Å². The maximum atomic E-state index is 12.1. The van der Waals surface area contributed by atoms with Crippen LogP contribution in [0, 0.1) is 0 Å². The highest BCUT2D eigenvalue weighted by Gasteiger charge is 2.40. The second-order valence-corrected chi connectivity index (χ2v) is 4.65. The van der Waals surface area contributed by atoms with Gasteiger partial charge in [0.15, 0.2) is 0 Å². The highest BCUT2D eigenvalue weighted by Crippen LogP contribution is 2.39. The van der Waals surface area contributed by atoms with E-state index in [1.54, 1.807) is 18.2 Å². The van der Waals surface area contributed by atoms with Gasteiger partial charge in [-0.15, -0.1) is 0 Å². The second kappa shape index (κ2) is 4.07. The molecule has 18 heavy (non-hydrogen) atoms. The third-order valence-electron chi connectivity index (χ3n) is 3.21. The molecule has 0 aliphatic heterocycles. The molecule has 0 saturated carbocycles. The van der Waals surface area contributed by atoms with Gasteiger partial charge in [-0.25, -0.2) is 0 Å². The first-order valence-electron chi connectivity index (χ1n) is 5.62. The highest BCUT2D eigenvalue weighted by molar-refractivity contribution is 6.50. The Kier molecular flexibility index (Phi) is 2.53. The van der Waals surface area contributed by atoms with Crippen molar-refractivity contribution in [2.24, 2.45) is 0 Å². The number of Topliss-reactive ketones (excluding diaryl/α,β-unsaturated/α-hetero) is 2. The normalized spacial score (nSPS) is 17.9. The van der Waals surface area contributed by atoms with E-state index >= 15 is 0 Å². The quantitative estimate of drug-likeness (QED) is 0.734. The van der Waals surface area contributed by atoms with Crippen molar-refractivity contribution in [3.63, 3.8) is 0 Å². The fourth-order valence-corrected chi connectivity index (χ4v) is 2.67. The SMILES string of the molecule is O=C1C(=O)C(c2ccccc2)c2c(Cl)cccc21. The Labute approximate surface area is 109 Å². The van der Waals surface area contributed by atoms with Crippen molar-refractivity contribution in [1.29, 1.82) is 0 Å². The van der Waals surface area contributed by atoms with Crippen molar-refractivity contribution in [3.05, 3.63) is 70.2 Å². The molecular formula is C15H9ClO2. The average Bonchev–Trinajstić information content (AvgIpc) is 2.65. The monoisotopic (exact) mass is 256 g/mol. The summed E-state index contributed by atoms with van der Waals surface area (Å²) in [7, 11) is 0. The lowest BCUT2D eigenvalue weighted by Gasteiger charge is -2.10. The number of fused-ring (bicyclic) bond motifs is 1. The first-order chi connectivity index (χ1) is 8.70. The molecule has 3 rings (SSSR count). The van der Waals surface area contributed by atoms with Crippen LogP contribution in [0.15, 0.2) is 48.5 Å². The van der Waals surface area contributed by atoms with Crippen molar-refractivity contribution >= 4 is 23.2 Å². The van der Waals surface area contributed by atoms with E-state index in [0.29, 0.717) is 16.1 Å². The van der Waals surface area contributed by atoms with Crippen molar-refractivity contribution in [2.75, 3.05) is 0 Å². The predicted molar refractivity (Wildman–Crippen MR) is 69.1 cm³/mol. The number of rotatable bonds is 1. The minimum Gasteiger partial charge on any atom is -0.289 e. The van der Waals surface area contributed by atoms with Crippen LogP contribution in [0.4, 0.5) is 0 Å². The molecule has 2 aromatic rings. The number of ketones is 2. The van der Waals surface area contributed by atoms with Crippen LogP contribution in [0.3, 0.4) is 0 Å². The second-order valence-electron chi connectivity index (χ2n) is 4.24. The number of carbonyl (C=O) groups is 2. The van der Waals surface area contributed by atoms with Gasteiger partial charge < -0.3 is 0 Å². The zero-order valence-corrected chi connectivity index (χ0v) is 10.1. The van der Waals surface area contributed by atoms with Crippen LogP contribution in [0.25, 0.3) is 0 Å². The Morgan fingerprint density at radius 2 is 1.61 bits per heavy atom. The van der Waals surface area contributed by atoms with E-state index in [1.807, 2.05) is 30.3 Å². The predicted octanol–water partition coefficient (Wildman–Crippen LogP) is 3.24. The molecule has 2 nitrogen and oxygen atoms in total. The summed E-state index contributed by atoms with van der Waals surface area (Å²) in [6, 6.07) is 14.3. The molecular weight excluding hydrogens is 248 g/mol. The van der Waals surface area contributed by atoms with Crippen molar-refractivity contribution in [2.45, 2.75) is 5.92 Å². The van der Waals surface area contributed by atoms with Crippen LogP contribution in [0.1, 0.15) is 27.4 Å². The summed E-state index contributed by atoms with van der Waals surface area (Å²) < 4.78 is 0. The van der Waals surface area contributed by atoms with Crippen LogP contribution in [-0.2, 0) is 4.79 Å². The molecule has 0 amide bonds. The topological polar surface area (TPSA) is 34.1 Å². The molecule has 1 atom stereocenters. The summed E-state index contributed by atoms with van der Waals surface area (Å²) in [5.41, 5.74) is 1.88. The van der Waals surface area contributed by atoms with Gasteiger partial charge in [0, 0.05) is 10.6 Å². The Balaban J connectivity index is 2.25. The van der Waals surface area contributed by atoms with Crippen molar-refractivity contribution in [1.82, 2.24) is 0 Å². The summed E-state index contributed by atoms with van der Waals surface area (Å²) in [5, 5.41) is 0.473. The Morgan fingerprint density at radius 3 is 2.33 bits per heavy atom. The Morgan fingerprint density at radius 1 is 0.889 bits per heavy atom. The van der Waals surface area contributed by atoms with E-state index in [-0.39, 0.29) is 0 Å². The Hall–Kier alpha value is -1.93. The van der Waals surface area contributed by atoms with Gasteiger partial charge in [0.1, 0.15) is 0 Å². The number of halogens is 1. The van der Waals surface area contributed by atoms with Crippen molar-refractivity contribution < 1.29 is 9.59 Å². The lowest BCUT2D eigenvalue weighted by molar-refractivity contribution is -0.115. The molecule has 3 heteroatoms. The van der Waals surface area contributed by atoms with Gasteiger partial charge in [0.05, 0.1) is 5.92 Å². The molecule has 0 heterocycles. The van der Waals surface area contributed by atoms with Gasteiger partial charge >= 0.3 is 0 Å². The average molecular weight is 257 g/mol. The molecule has 2 aromatic carbocycles. The smallest absolute Gasteiger partial charge is 0.229 e. The molecule has 0 N–H and O–H groups in total. The minimum absolute atomic E-state index is 0.399. The zero-order valence-electron chi connectivity index (χ0n) is 9.39. The zero-order chi connectivity index (χ0) is 12.7. The van der Waals surface area contributed by atoms with Gasteiger partial charge in [0.25, 0.3) is 0 Å². The fourth-order valence-electron chi connectivity index (χ4n) is 2.39. The minimum atomic E-state index is -0.553. The van der Waals surface area contributed by atoms with Gasteiger partial charge in [-0.2, -0.15) is 0 Å². The number of carbonyl (C=O) groups excluding carboxylic acids is 2. The maximum Gasteiger partial charge on any atom is 0.229 e. The van der Waals surface area contributed by atoms with E-state index < -0.39 is 17.5 Å². The van der Waals surface area contributed by atoms with Gasteiger partial charge in [-0.3, -0.25) is 9.59 Å². The van der Waals surface area contributed by atoms with Crippen molar-refractivity contribution in [3.8, 4) is 0 Å². The molecule has 88 valence electrons. The lowest BCUT2D eigenvalue weighted by atomic mass is 9.92. The largest absolute Gasteiger partial charge is 0.289 e. The number of hydrogen-bond donors (Lipinski definition) is 0. The molecule has 1 unspecified atom stereocenters. The van der Waals surface area contributed by atoms with E-state index in [9.17, 15) is 9.59 Å². The molecule has 1 aliphatic rings. The molecule has 0 bridgehead atoms. The summed E-state index contributed by atoms with van der Waals surface area (Å²) in [6.45, 7) is 0. The molecule has 0 saturated heterocycles. The fraction of sp³-hybridized carbons (Fsp3) is 0.0667. The van der Waals surface area contributed by atoms with Crippen LogP contribution in [0.5, 0.6) is 0 Å². The molecule has 1 aliphatic carbocycles. The Bertz CT molecular complexity index is 647. The molecule has 0 spiro atoms. The van der Waals surface area contributed by atoms with Gasteiger partial charge in [0.2, 0.25) is 11.6 Å². The number of benzene rings is 2. The highest BCUT2D eigenvalue weighted by atomic mass is 35.5. The maximum absolute atomic E-state index is 12.1. The molecule has 0 radical (unpaired) electrons. The lowest BCUT2D eigenvalue weighted by Crippen LogP contribution is -2.13. The number of hydrogen-bond acceptors (Lipinski definition) is 2. The summed E-state index contributed by atoms with van der Waals surface area (Å²) in [4.78, 5) is 24.0. The van der Waals surface area contributed by atoms with E-state index in [2.05, 4.69) is 0 Å². The van der Waals surface area contributed by atoms with Crippen LogP contribution < -0.4 is 0 Å². The standard InChI is InChI=1S/C15H9ClO2/c16-11-8-4-7-10-13(11)12(15(18)14(10)17)9-5-2-1-3-6-9/h1-8,12H. The van der Waals surface area contributed by atoms with E-state index in [0.717, 1.165) is 5.56 Å². The molecule has 0 aromatic heterocycles. The van der Waals surface area contributed by atoms with Crippen LogP contribution in [-0.4, -0.2) is 11.6 Å². The first kappa shape index (κ1) is 11.2. The van der Waals surface area contributed by atoms with Crippen LogP contribution in [0.2, 0.25) is 5.02 Å². The first-order valence-corrected chi connectivity index (χ1v) is 6.00. The van der Waals surface area contributed by atoms with E-state index in [4.69, 9.17) is 11.6 Å². The van der Waals surface area contributed by atoms with E-state index in [1.165, 1.54) is 0 Å². The van der Waals surface area contributed by atoms with Gasteiger partial charge in [-0.05, 0) is 17.2 Å². The van der Waals surface area contributed by atoms with Crippen LogP contribution >= 0.6 is 11.6 Å². The summed E-state index contributed by atoms with van der Waals surface area (Å²) in [6.07, 6.45) is 0. The summed E-state index contributed by atoms with van der Waals surface area (Å²) >= 11 is 6.14. The summed E-state index contributed by atoms with van der Waals surface area (Å²) in [5.74, 6) is -1.40. The third kappa shape index (κ3) is 1.50.